The molecule has 1 saturated heterocycles. The van der Waals surface area contributed by atoms with Crippen LogP contribution in [0.3, 0.4) is 0 Å². The van der Waals surface area contributed by atoms with Crippen molar-refractivity contribution >= 4 is 5.82 Å². The molecule has 0 spiro atoms. The Balaban J connectivity index is 2.10. The highest BCUT2D eigenvalue weighted by atomic mass is 19.2. The zero-order valence-electron chi connectivity index (χ0n) is 10.6. The van der Waals surface area contributed by atoms with Crippen molar-refractivity contribution < 1.29 is 23.7 Å². The number of aromatic nitrogens is 2. The van der Waals surface area contributed by atoms with Gasteiger partial charge in [-0.05, 0) is 0 Å². The summed E-state index contributed by atoms with van der Waals surface area (Å²) in [6.07, 6.45) is -4.64. The van der Waals surface area contributed by atoms with Gasteiger partial charge in [0.2, 0.25) is 0 Å². The molecular weight excluding hydrogens is 290 g/mol. The van der Waals surface area contributed by atoms with Gasteiger partial charge >= 0.3 is 6.04 Å². The van der Waals surface area contributed by atoms with Crippen molar-refractivity contribution in [1.82, 2.24) is 14.9 Å². The summed E-state index contributed by atoms with van der Waals surface area (Å²) in [7, 11) is 0. The Morgan fingerprint density at radius 3 is 2.90 bits per heavy atom. The van der Waals surface area contributed by atoms with E-state index in [0.29, 0.717) is 0 Å². The lowest BCUT2D eigenvalue weighted by Gasteiger charge is -2.21. The minimum Gasteiger partial charge on any atom is -0.394 e. The average Bonchev–Trinajstić information content (AvgIpc) is 2.92. The van der Waals surface area contributed by atoms with E-state index in [4.69, 9.17) is 21.3 Å². The molecule has 1 aromatic heterocycles. The van der Waals surface area contributed by atoms with Gasteiger partial charge < -0.3 is 26.0 Å². The Morgan fingerprint density at radius 1 is 1.57 bits per heavy atom. The number of alkyl halides is 2. The van der Waals surface area contributed by atoms with Crippen LogP contribution in [-0.2, 0) is 4.74 Å². The second-order valence-electron chi connectivity index (χ2n) is 4.83. The summed E-state index contributed by atoms with van der Waals surface area (Å²) >= 11 is 0. The fraction of sp³-hybridized carbons (Fsp3) is 0.600. The Morgan fingerprint density at radius 2 is 2.29 bits per heavy atom. The van der Waals surface area contributed by atoms with Crippen LogP contribution < -0.4 is 27.6 Å². The first-order chi connectivity index (χ1) is 9.84. The Hall–Kier alpha value is -1.82. The fourth-order valence-electron chi connectivity index (χ4n) is 2.35. The molecule has 21 heavy (non-hydrogen) atoms. The molecule has 3 heterocycles. The summed E-state index contributed by atoms with van der Waals surface area (Å²) < 4.78 is 34.2. The van der Waals surface area contributed by atoms with Crippen molar-refractivity contribution in [2.45, 2.75) is 30.6 Å². The molecule has 0 saturated carbocycles. The number of aliphatic hydroxyl groups excluding tert-OH is 2. The van der Waals surface area contributed by atoms with Gasteiger partial charge in [-0.1, -0.05) is 0 Å². The third-order valence-electron chi connectivity index (χ3n) is 3.35. The lowest BCUT2D eigenvalue weighted by atomic mass is 10.1. The summed E-state index contributed by atoms with van der Waals surface area (Å²) in [4.78, 5) is 7.44. The van der Waals surface area contributed by atoms with E-state index in [-0.39, 0.29) is 16.7 Å². The number of hydrogen-bond acceptors (Lipinski definition) is 8. The molecule has 0 radical (unpaired) electrons. The predicted molar refractivity (Wildman–Crippen MR) is 63.7 cm³/mol. The molecule has 5 atom stereocenters. The molecule has 1 fully saturated rings. The van der Waals surface area contributed by atoms with Crippen LogP contribution >= 0.6 is 0 Å². The molecule has 0 bridgehead atoms. The van der Waals surface area contributed by atoms with Crippen LogP contribution in [0, 0.1) is 0 Å². The van der Waals surface area contributed by atoms with Gasteiger partial charge in [0.15, 0.2) is 17.9 Å². The fourth-order valence-corrected chi connectivity index (χ4v) is 2.35. The van der Waals surface area contributed by atoms with Crippen molar-refractivity contribution in [3.8, 4) is 0 Å². The van der Waals surface area contributed by atoms with E-state index in [2.05, 4.69) is 15.3 Å². The van der Waals surface area contributed by atoms with Gasteiger partial charge in [0.05, 0.1) is 12.9 Å². The molecule has 116 valence electrons. The van der Waals surface area contributed by atoms with Gasteiger partial charge in [-0.15, -0.1) is 0 Å². The molecule has 3 rings (SSSR count). The number of nitrogens with two attached hydrogens (primary N) is 2. The van der Waals surface area contributed by atoms with Crippen LogP contribution in [0.1, 0.15) is 6.23 Å². The average molecular weight is 304 g/mol. The summed E-state index contributed by atoms with van der Waals surface area (Å²) in [6.45, 7) is -0.564. The zero-order valence-corrected chi connectivity index (χ0v) is 10.6. The van der Waals surface area contributed by atoms with Gasteiger partial charge in [-0.2, -0.15) is 9.38 Å². The van der Waals surface area contributed by atoms with Crippen LogP contribution in [0.25, 0.3) is 5.82 Å². The molecule has 2 aliphatic heterocycles. The largest absolute Gasteiger partial charge is 0.394 e. The van der Waals surface area contributed by atoms with E-state index in [9.17, 15) is 13.9 Å². The number of halogens is 2. The first-order valence-corrected chi connectivity index (χ1v) is 6.11. The van der Waals surface area contributed by atoms with E-state index in [1.165, 1.54) is 0 Å². The number of nitrogens with one attached hydrogen (secondary N) is 1. The number of fused-ring (bicyclic) bond motifs is 1. The van der Waals surface area contributed by atoms with Crippen LogP contribution in [0.5, 0.6) is 0 Å². The van der Waals surface area contributed by atoms with Gasteiger partial charge in [-0.25, -0.2) is 9.37 Å². The second kappa shape index (κ2) is 4.59. The van der Waals surface area contributed by atoms with E-state index in [0.717, 1.165) is 10.9 Å². The number of rotatable bonds is 2. The lowest BCUT2D eigenvalue weighted by molar-refractivity contribution is -0.0492. The topological polar surface area (TPSA) is 144 Å². The molecule has 2 aliphatic rings. The number of hydrogen-bond donors (Lipinski definition) is 5. The maximum Gasteiger partial charge on any atom is 0.337 e. The summed E-state index contributed by atoms with van der Waals surface area (Å²) in [6, 6.07) is -2.66. The van der Waals surface area contributed by atoms with Crippen molar-refractivity contribution in [3.63, 3.8) is 0 Å². The first-order valence-electron chi connectivity index (χ1n) is 6.11. The molecule has 2 unspecified atom stereocenters. The number of imidazole rings is 1. The normalized spacial score (nSPS) is 38.8. The highest BCUT2D eigenvalue weighted by molar-refractivity contribution is 5.36. The molecule has 0 aliphatic carbocycles. The Labute approximate surface area is 116 Å². The second-order valence-corrected chi connectivity index (χ2v) is 4.83. The van der Waals surface area contributed by atoms with Crippen LogP contribution in [0.2, 0.25) is 0 Å². The Kier molecular flexibility index (Phi) is 3.09. The molecule has 7 N–H and O–H groups in total. The number of ether oxygens (including phenoxy) is 1. The van der Waals surface area contributed by atoms with Crippen molar-refractivity contribution in [1.29, 1.82) is 0 Å². The highest BCUT2D eigenvalue weighted by Gasteiger charge is 2.45. The standard InChI is InChI=1S/C10H14F2N6O3/c11-4-6(20)3(1-19)21-9(4)18-2-15-5-7(13)16-10(12,14)17-8(5)18/h2-4,6,9,16,19-20H,1,13-14H2/t3-,4?,6-,9-,10?/m1/s1. The predicted octanol–water partition coefficient (Wildman–Crippen LogP) is -3.74. The molecule has 11 heteroatoms. The minimum atomic E-state index is -2.66. The summed E-state index contributed by atoms with van der Waals surface area (Å²) in [5.74, 6) is -0.156. The van der Waals surface area contributed by atoms with Gasteiger partial charge in [0, 0.05) is 0 Å². The van der Waals surface area contributed by atoms with Crippen molar-refractivity contribution in [2.24, 2.45) is 16.5 Å². The van der Waals surface area contributed by atoms with Crippen LogP contribution in [-0.4, -0.2) is 50.8 Å². The van der Waals surface area contributed by atoms with Crippen LogP contribution in [0.15, 0.2) is 11.3 Å². The highest BCUT2D eigenvalue weighted by Crippen LogP contribution is 2.30. The minimum absolute atomic E-state index is 0.0893. The molecular formula is C10H14F2N6O3. The third-order valence-corrected chi connectivity index (χ3v) is 3.35. The van der Waals surface area contributed by atoms with E-state index in [1.54, 1.807) is 0 Å². The molecule has 0 amide bonds. The maximum atomic E-state index is 14.1. The quantitative estimate of drug-likeness (QED) is 0.353. The summed E-state index contributed by atoms with van der Waals surface area (Å²) in [5, 5.41) is 20.8. The van der Waals surface area contributed by atoms with E-state index < -0.39 is 37.3 Å². The molecule has 0 aromatic carbocycles. The number of aliphatic hydroxyl groups is 2. The summed E-state index contributed by atoms with van der Waals surface area (Å²) in [5.41, 5.74) is 10.7. The molecule has 1 aromatic rings. The lowest BCUT2D eigenvalue weighted by Crippen LogP contribution is -2.58. The van der Waals surface area contributed by atoms with Gasteiger partial charge in [0.1, 0.15) is 23.4 Å². The number of nitrogens with zero attached hydrogens (tertiary/aromatic N) is 3. The smallest absolute Gasteiger partial charge is 0.337 e. The first kappa shape index (κ1) is 14.1. The molecule has 9 nitrogen and oxygen atoms in total. The third kappa shape index (κ3) is 2.14. The van der Waals surface area contributed by atoms with Gasteiger partial charge in [0.25, 0.3) is 0 Å². The van der Waals surface area contributed by atoms with Crippen LogP contribution in [0.4, 0.5) is 8.78 Å². The maximum absolute atomic E-state index is 14.1. The van der Waals surface area contributed by atoms with E-state index in [1.807, 2.05) is 0 Å². The monoisotopic (exact) mass is 304 g/mol. The van der Waals surface area contributed by atoms with E-state index >= 15 is 0 Å². The Bertz CT molecular complexity index is 677. The van der Waals surface area contributed by atoms with Crippen molar-refractivity contribution in [2.75, 3.05) is 6.61 Å². The van der Waals surface area contributed by atoms with Gasteiger partial charge in [-0.3, -0.25) is 10.3 Å². The zero-order chi connectivity index (χ0) is 15.4. The van der Waals surface area contributed by atoms with Crippen molar-refractivity contribution in [3.05, 3.63) is 17.2 Å². The SMILES string of the molecule is NC1=c2ncn([C@@H]3O[C@H](CO)[C@@H](O)C3F)c2=NC(N)(F)N1.